The van der Waals surface area contributed by atoms with Crippen LogP contribution in [0, 0.1) is 0 Å². The maximum Gasteiger partial charge on any atom is 0.374 e. The largest absolute Gasteiger partial charge is 0.438 e. The van der Waals surface area contributed by atoms with Gasteiger partial charge < -0.3 is 20.6 Å². The maximum absolute atomic E-state index is 11.8. The lowest BCUT2D eigenvalue weighted by Gasteiger charge is -2.15. The average molecular weight is 492 g/mol. The van der Waals surface area contributed by atoms with Crippen molar-refractivity contribution < 1.29 is 23.3 Å². The molecule has 0 radical (unpaired) electrons. The lowest BCUT2D eigenvalue weighted by atomic mass is 10.1. The van der Waals surface area contributed by atoms with Crippen LogP contribution in [0.25, 0.3) is 38.7 Å². The summed E-state index contributed by atoms with van der Waals surface area (Å²) in [4.78, 5) is 25.4. The van der Waals surface area contributed by atoms with Gasteiger partial charge in [-0.05, 0) is 35.1 Å². The third-order valence-corrected chi connectivity index (χ3v) is 6.35. The van der Waals surface area contributed by atoms with E-state index in [1.807, 2.05) is 72.8 Å². The number of nitrogens with two attached hydrogens (primary N) is 2. The lowest BCUT2D eigenvalue weighted by Crippen LogP contribution is -2.42. The molecule has 37 heavy (non-hydrogen) atoms. The first-order chi connectivity index (χ1) is 18.0. The van der Waals surface area contributed by atoms with Crippen molar-refractivity contribution in [1.29, 1.82) is 0 Å². The molecule has 8 nitrogen and oxygen atoms in total. The molecule has 0 bridgehead atoms. The molecule has 4 N–H and O–H groups in total. The quantitative estimate of drug-likeness (QED) is 0.351. The number of rotatable bonds is 6. The molecule has 0 saturated carbocycles. The number of ether oxygens (including phenoxy) is 1. The van der Waals surface area contributed by atoms with Crippen LogP contribution in [0.4, 0.5) is 5.69 Å². The number of carbonyl (C=O) groups is 2. The van der Waals surface area contributed by atoms with Gasteiger partial charge in [-0.2, -0.15) is 0 Å². The normalized spacial score (nSPS) is 14.2. The predicted octanol–water partition coefficient (Wildman–Crippen LogP) is 3.75. The van der Waals surface area contributed by atoms with Crippen molar-refractivity contribution in [3.8, 4) is 5.75 Å². The Hall–Kier alpha value is -5.11. The highest BCUT2D eigenvalue weighted by atomic mass is 16.5. The molecule has 0 unspecified atom stereocenters. The van der Waals surface area contributed by atoms with Crippen molar-refractivity contribution in [2.75, 3.05) is 11.4 Å². The number of hydrogen-bond donors (Lipinski definition) is 2. The number of hydrogen-bond acceptors (Lipinski definition) is 5. The minimum atomic E-state index is -0.483. The molecule has 0 spiro atoms. The molecule has 6 rings (SSSR count). The van der Waals surface area contributed by atoms with Crippen LogP contribution >= 0.6 is 0 Å². The van der Waals surface area contributed by atoms with E-state index in [4.69, 9.17) is 20.6 Å². The Morgan fingerprint density at radius 2 is 1.57 bits per heavy atom. The van der Waals surface area contributed by atoms with Crippen molar-refractivity contribution in [3.05, 3.63) is 96.7 Å². The van der Waals surface area contributed by atoms with Gasteiger partial charge in [-0.25, -0.2) is 0 Å². The summed E-state index contributed by atoms with van der Waals surface area (Å²) in [6.45, 7) is -0.0768. The molecule has 5 aromatic rings. The average Bonchev–Trinajstić information content (AvgIpc) is 3.41. The van der Waals surface area contributed by atoms with Crippen LogP contribution < -0.4 is 25.7 Å². The summed E-state index contributed by atoms with van der Waals surface area (Å²) in [6.07, 6.45) is 5.21. The van der Waals surface area contributed by atoms with Crippen LogP contribution in [0.5, 0.6) is 5.75 Å². The molecule has 0 aliphatic carbocycles. The summed E-state index contributed by atoms with van der Waals surface area (Å²) in [6, 6.07) is 23.5. The van der Waals surface area contributed by atoms with E-state index in [0.717, 1.165) is 32.7 Å². The topological polar surface area (TPSA) is 116 Å². The van der Waals surface area contributed by atoms with E-state index in [1.165, 1.54) is 0 Å². The number of benzene rings is 4. The fraction of sp³-hybridized carbons (Fsp3) is 0.0690. The lowest BCUT2D eigenvalue weighted by molar-refractivity contribution is -0.665. The van der Waals surface area contributed by atoms with E-state index >= 15 is 0 Å². The van der Waals surface area contributed by atoms with Crippen LogP contribution in [-0.4, -0.2) is 18.4 Å². The molecular formula is C29H23N4O4+. The molecule has 2 amide bonds. The van der Waals surface area contributed by atoms with Gasteiger partial charge in [-0.3, -0.25) is 14.5 Å². The van der Waals surface area contributed by atoms with Crippen molar-refractivity contribution in [1.82, 2.24) is 0 Å². The van der Waals surface area contributed by atoms with Crippen LogP contribution in [0.3, 0.4) is 0 Å². The highest BCUT2D eigenvalue weighted by Crippen LogP contribution is 2.44. The molecule has 2 heterocycles. The molecular weight excluding hydrogens is 468 g/mol. The first-order valence-electron chi connectivity index (χ1n) is 11.8. The number of carbonyl (C=O) groups excluding carboxylic acids is 2. The monoisotopic (exact) mass is 491 g/mol. The van der Waals surface area contributed by atoms with Gasteiger partial charge in [0.15, 0.2) is 5.75 Å². The van der Waals surface area contributed by atoms with Crippen molar-refractivity contribution >= 4 is 56.2 Å². The minimum Gasteiger partial charge on any atom is -0.438 e. The first kappa shape index (κ1) is 22.4. The summed E-state index contributed by atoms with van der Waals surface area (Å²) in [5, 5.41) is 3.92. The second-order valence-electron chi connectivity index (χ2n) is 8.78. The summed E-state index contributed by atoms with van der Waals surface area (Å²) in [5.41, 5.74) is 13.3. The van der Waals surface area contributed by atoms with Crippen molar-refractivity contribution in [2.45, 2.75) is 6.54 Å². The van der Waals surface area contributed by atoms with E-state index in [1.54, 1.807) is 27.7 Å². The highest BCUT2D eigenvalue weighted by molar-refractivity contribution is 6.02. The highest BCUT2D eigenvalue weighted by Gasteiger charge is 2.29. The second-order valence-corrected chi connectivity index (χ2v) is 8.78. The molecule has 1 aliphatic heterocycles. The number of allylic oxidation sites excluding steroid dienone is 2. The zero-order valence-electron chi connectivity index (χ0n) is 19.8. The standard InChI is InChI=1S/C29H22N4O4/c30-24(34)16-32-22-14-12-18-6-1-3-8-20(18)28(22)36-26(32)10-5-11-27-33(17-25(31)35)23-15-13-19-7-2-4-9-21(19)29(23)37-27/h1-15H,16-17H2,(H3-,30,31,34,35)/p+1. The Kier molecular flexibility index (Phi) is 5.34. The first-order valence-corrected chi connectivity index (χ1v) is 11.8. The van der Waals surface area contributed by atoms with Gasteiger partial charge in [0.25, 0.3) is 11.4 Å². The van der Waals surface area contributed by atoms with Crippen LogP contribution in [0.1, 0.15) is 5.89 Å². The zero-order chi connectivity index (χ0) is 25.5. The van der Waals surface area contributed by atoms with Crippen molar-refractivity contribution in [2.24, 2.45) is 11.5 Å². The van der Waals surface area contributed by atoms with Gasteiger partial charge >= 0.3 is 5.89 Å². The van der Waals surface area contributed by atoms with E-state index in [9.17, 15) is 9.59 Å². The Morgan fingerprint density at radius 1 is 0.865 bits per heavy atom. The minimum absolute atomic E-state index is 0.0384. The van der Waals surface area contributed by atoms with Gasteiger partial charge in [-0.15, -0.1) is 4.57 Å². The predicted molar refractivity (Wildman–Crippen MR) is 141 cm³/mol. The van der Waals surface area contributed by atoms with Crippen LogP contribution in [0.2, 0.25) is 0 Å². The number of aromatic nitrogens is 1. The fourth-order valence-electron chi connectivity index (χ4n) is 4.76. The Labute approximate surface area is 211 Å². The maximum atomic E-state index is 11.8. The van der Waals surface area contributed by atoms with E-state index in [0.29, 0.717) is 23.1 Å². The Bertz CT molecular complexity index is 1780. The number of anilines is 1. The number of fused-ring (bicyclic) bond motifs is 6. The molecule has 1 aromatic heterocycles. The molecule has 8 heteroatoms. The summed E-state index contributed by atoms with van der Waals surface area (Å²) >= 11 is 0. The van der Waals surface area contributed by atoms with Gasteiger partial charge in [0.2, 0.25) is 23.9 Å². The summed E-state index contributed by atoms with van der Waals surface area (Å²) in [5.74, 6) is 0.595. The van der Waals surface area contributed by atoms with Crippen LogP contribution in [-0.2, 0) is 16.1 Å². The molecule has 182 valence electrons. The van der Waals surface area contributed by atoms with E-state index in [-0.39, 0.29) is 13.1 Å². The van der Waals surface area contributed by atoms with Crippen molar-refractivity contribution in [3.63, 3.8) is 0 Å². The number of amides is 2. The van der Waals surface area contributed by atoms with Gasteiger partial charge in [-0.1, -0.05) is 54.6 Å². The van der Waals surface area contributed by atoms with E-state index in [2.05, 4.69) is 0 Å². The Morgan fingerprint density at radius 3 is 2.32 bits per heavy atom. The zero-order valence-corrected chi connectivity index (χ0v) is 19.8. The number of oxazole rings is 1. The fourth-order valence-corrected chi connectivity index (χ4v) is 4.76. The second kappa shape index (κ2) is 8.83. The van der Waals surface area contributed by atoms with E-state index < -0.39 is 11.8 Å². The Balaban J connectivity index is 1.42. The molecule has 0 saturated heterocycles. The number of primary amides is 2. The van der Waals surface area contributed by atoms with Gasteiger partial charge in [0, 0.05) is 16.8 Å². The molecule has 0 atom stereocenters. The molecule has 4 aromatic carbocycles. The van der Waals surface area contributed by atoms with Gasteiger partial charge in [0.1, 0.15) is 6.54 Å². The third kappa shape index (κ3) is 3.94. The SMILES string of the molecule is NC(=O)CN1/C(=C/C=C/c2oc3c4ccccc4ccc3[n+]2CC(N)=O)Oc2c1ccc1ccccc21. The summed E-state index contributed by atoms with van der Waals surface area (Å²) in [7, 11) is 0. The van der Waals surface area contributed by atoms with Gasteiger partial charge in [0.05, 0.1) is 11.8 Å². The smallest absolute Gasteiger partial charge is 0.374 e. The molecule has 1 aliphatic rings. The third-order valence-electron chi connectivity index (χ3n) is 6.35. The van der Waals surface area contributed by atoms with Crippen LogP contribution in [0.15, 0.2) is 95.2 Å². The summed E-state index contributed by atoms with van der Waals surface area (Å²) < 4.78 is 14.1. The number of nitrogens with zero attached hydrogens (tertiary/aromatic N) is 2. The molecule has 0 fully saturated rings.